The molecule has 1 saturated heterocycles. The van der Waals surface area contributed by atoms with Crippen molar-refractivity contribution >= 4 is 15.7 Å². The number of anilines is 1. The highest BCUT2D eigenvalue weighted by atomic mass is 32.2. The number of nitrogens with one attached hydrogen (secondary N) is 1. The molecule has 1 atom stereocenters. The Labute approximate surface area is 120 Å². The van der Waals surface area contributed by atoms with Gasteiger partial charge in [0.1, 0.15) is 5.82 Å². The Morgan fingerprint density at radius 1 is 1.40 bits per heavy atom. The Kier molecular flexibility index (Phi) is 4.93. The van der Waals surface area contributed by atoms with Gasteiger partial charge in [0.2, 0.25) is 0 Å². The average molecular weight is 298 g/mol. The van der Waals surface area contributed by atoms with Crippen LogP contribution < -0.4 is 5.32 Å². The van der Waals surface area contributed by atoms with E-state index in [1.54, 1.807) is 12.4 Å². The van der Waals surface area contributed by atoms with Crippen molar-refractivity contribution in [2.24, 2.45) is 0 Å². The molecule has 1 N–H and O–H groups in total. The monoisotopic (exact) mass is 298 g/mol. The molecule has 0 saturated carbocycles. The third-order valence-corrected chi connectivity index (χ3v) is 5.23. The molecule has 0 spiro atoms. The van der Waals surface area contributed by atoms with Crippen molar-refractivity contribution in [1.82, 2.24) is 14.9 Å². The van der Waals surface area contributed by atoms with Crippen molar-refractivity contribution in [2.75, 3.05) is 29.9 Å². The standard InChI is InChI=1S/C13H22N4O2S/c1-3-4-14-13-8-15-12(7-16-13)9-17-5-6-20(18,19)10-11(17)2/h7-8,11H,3-6,9-10H2,1-2H3,(H,14,16). The first kappa shape index (κ1) is 15.2. The Morgan fingerprint density at radius 2 is 2.20 bits per heavy atom. The zero-order valence-electron chi connectivity index (χ0n) is 12.0. The second kappa shape index (κ2) is 6.49. The van der Waals surface area contributed by atoms with E-state index in [-0.39, 0.29) is 17.5 Å². The second-order valence-electron chi connectivity index (χ2n) is 5.25. The van der Waals surface area contributed by atoms with Gasteiger partial charge < -0.3 is 5.32 Å². The van der Waals surface area contributed by atoms with Gasteiger partial charge in [-0.2, -0.15) is 0 Å². The molecule has 0 aromatic carbocycles. The fourth-order valence-corrected chi connectivity index (χ4v) is 3.88. The van der Waals surface area contributed by atoms with Crippen molar-refractivity contribution in [2.45, 2.75) is 32.9 Å². The van der Waals surface area contributed by atoms with E-state index in [4.69, 9.17) is 0 Å². The molecule has 1 fully saturated rings. The average Bonchev–Trinajstić information content (AvgIpc) is 2.40. The van der Waals surface area contributed by atoms with Crippen LogP contribution >= 0.6 is 0 Å². The minimum Gasteiger partial charge on any atom is -0.369 e. The number of nitrogens with zero attached hydrogens (tertiary/aromatic N) is 3. The van der Waals surface area contributed by atoms with Crippen LogP contribution in [-0.4, -0.2) is 53.9 Å². The third kappa shape index (κ3) is 4.14. The molecule has 0 amide bonds. The molecular weight excluding hydrogens is 276 g/mol. The SMILES string of the molecule is CCCNc1cnc(CN2CCS(=O)(=O)CC2C)cn1. The molecular formula is C13H22N4O2S. The molecule has 1 aromatic rings. The van der Waals surface area contributed by atoms with Gasteiger partial charge in [-0.3, -0.25) is 9.88 Å². The van der Waals surface area contributed by atoms with Crippen LogP contribution in [0.3, 0.4) is 0 Å². The Bertz CT molecular complexity index is 530. The fraction of sp³-hybridized carbons (Fsp3) is 0.692. The maximum atomic E-state index is 11.5. The zero-order valence-corrected chi connectivity index (χ0v) is 12.9. The number of rotatable bonds is 5. The first-order chi connectivity index (χ1) is 9.50. The molecule has 2 heterocycles. The molecule has 1 aromatic heterocycles. The van der Waals surface area contributed by atoms with E-state index in [1.807, 2.05) is 6.92 Å². The molecule has 112 valence electrons. The van der Waals surface area contributed by atoms with Crippen molar-refractivity contribution < 1.29 is 8.42 Å². The van der Waals surface area contributed by atoms with E-state index in [9.17, 15) is 8.42 Å². The van der Waals surface area contributed by atoms with Gasteiger partial charge in [-0.15, -0.1) is 0 Å². The summed E-state index contributed by atoms with van der Waals surface area (Å²) in [5.74, 6) is 1.25. The van der Waals surface area contributed by atoms with Crippen molar-refractivity contribution in [1.29, 1.82) is 0 Å². The summed E-state index contributed by atoms with van der Waals surface area (Å²) in [6.45, 7) is 6.15. The van der Waals surface area contributed by atoms with E-state index in [1.165, 1.54) is 0 Å². The topological polar surface area (TPSA) is 75.2 Å². The molecule has 1 unspecified atom stereocenters. The molecule has 0 bridgehead atoms. The summed E-state index contributed by atoms with van der Waals surface area (Å²) in [7, 11) is -2.86. The summed E-state index contributed by atoms with van der Waals surface area (Å²) in [6.07, 6.45) is 4.54. The quantitative estimate of drug-likeness (QED) is 0.871. The molecule has 1 aliphatic heterocycles. The highest BCUT2D eigenvalue weighted by Crippen LogP contribution is 2.14. The molecule has 2 rings (SSSR count). The third-order valence-electron chi connectivity index (χ3n) is 3.43. The smallest absolute Gasteiger partial charge is 0.153 e. The van der Waals surface area contributed by atoms with Crippen molar-refractivity contribution in [3.05, 3.63) is 18.1 Å². The minimum absolute atomic E-state index is 0.0356. The van der Waals surface area contributed by atoms with Gasteiger partial charge in [-0.25, -0.2) is 13.4 Å². The van der Waals surface area contributed by atoms with Gasteiger partial charge in [0.25, 0.3) is 0 Å². The number of sulfone groups is 1. The van der Waals surface area contributed by atoms with E-state index in [0.29, 0.717) is 13.1 Å². The van der Waals surface area contributed by atoms with Gasteiger partial charge >= 0.3 is 0 Å². The molecule has 7 heteroatoms. The lowest BCUT2D eigenvalue weighted by molar-refractivity contribution is 0.215. The number of hydrogen-bond donors (Lipinski definition) is 1. The van der Waals surface area contributed by atoms with Crippen LogP contribution in [0, 0.1) is 0 Å². The summed E-state index contributed by atoms with van der Waals surface area (Å²) < 4.78 is 23.1. The predicted molar refractivity (Wildman–Crippen MR) is 79.3 cm³/mol. The highest BCUT2D eigenvalue weighted by Gasteiger charge is 2.28. The highest BCUT2D eigenvalue weighted by molar-refractivity contribution is 7.91. The van der Waals surface area contributed by atoms with Gasteiger partial charge in [-0.05, 0) is 13.3 Å². The summed E-state index contributed by atoms with van der Waals surface area (Å²) in [4.78, 5) is 10.8. The van der Waals surface area contributed by atoms with E-state index < -0.39 is 9.84 Å². The van der Waals surface area contributed by atoms with Crippen LogP contribution in [-0.2, 0) is 16.4 Å². The Balaban J connectivity index is 1.93. The van der Waals surface area contributed by atoms with Crippen molar-refractivity contribution in [3.8, 4) is 0 Å². The summed E-state index contributed by atoms with van der Waals surface area (Å²) in [5.41, 5.74) is 0.873. The Morgan fingerprint density at radius 3 is 2.80 bits per heavy atom. The molecule has 6 nitrogen and oxygen atoms in total. The molecule has 1 aliphatic rings. The van der Waals surface area contributed by atoms with Gasteiger partial charge in [0, 0.05) is 25.7 Å². The van der Waals surface area contributed by atoms with E-state index >= 15 is 0 Å². The van der Waals surface area contributed by atoms with E-state index in [0.717, 1.165) is 24.5 Å². The Hall–Kier alpha value is -1.21. The second-order valence-corrected chi connectivity index (χ2v) is 7.48. The normalized spacial score (nSPS) is 22.6. The van der Waals surface area contributed by atoms with Crippen LogP contribution in [0.4, 0.5) is 5.82 Å². The van der Waals surface area contributed by atoms with Crippen molar-refractivity contribution in [3.63, 3.8) is 0 Å². The molecule has 20 heavy (non-hydrogen) atoms. The summed E-state index contributed by atoms with van der Waals surface area (Å²) in [5, 5.41) is 3.18. The van der Waals surface area contributed by atoms with Crippen LogP contribution in [0.5, 0.6) is 0 Å². The first-order valence-corrected chi connectivity index (χ1v) is 8.81. The number of aromatic nitrogens is 2. The van der Waals surface area contributed by atoms with Gasteiger partial charge in [-0.1, -0.05) is 6.92 Å². The lowest BCUT2D eigenvalue weighted by Crippen LogP contribution is -2.46. The lowest BCUT2D eigenvalue weighted by atomic mass is 10.3. The summed E-state index contributed by atoms with van der Waals surface area (Å²) >= 11 is 0. The maximum absolute atomic E-state index is 11.5. The van der Waals surface area contributed by atoms with E-state index in [2.05, 4.69) is 27.1 Å². The summed E-state index contributed by atoms with van der Waals surface area (Å²) in [6, 6.07) is 0.0356. The van der Waals surface area contributed by atoms with Crippen LogP contribution in [0.1, 0.15) is 26.0 Å². The molecule has 0 radical (unpaired) electrons. The maximum Gasteiger partial charge on any atom is 0.153 e. The minimum atomic E-state index is -2.86. The number of hydrogen-bond acceptors (Lipinski definition) is 6. The van der Waals surface area contributed by atoms with Crippen LogP contribution in [0.15, 0.2) is 12.4 Å². The van der Waals surface area contributed by atoms with Crippen LogP contribution in [0.25, 0.3) is 0 Å². The van der Waals surface area contributed by atoms with Gasteiger partial charge in [0.15, 0.2) is 9.84 Å². The fourth-order valence-electron chi connectivity index (χ4n) is 2.26. The van der Waals surface area contributed by atoms with Crippen LogP contribution in [0.2, 0.25) is 0 Å². The largest absolute Gasteiger partial charge is 0.369 e. The lowest BCUT2D eigenvalue weighted by Gasteiger charge is -2.32. The predicted octanol–water partition coefficient (Wildman–Crippen LogP) is 0.917. The first-order valence-electron chi connectivity index (χ1n) is 6.99. The molecule has 0 aliphatic carbocycles. The van der Waals surface area contributed by atoms with Gasteiger partial charge in [0.05, 0.1) is 29.6 Å². The zero-order chi connectivity index (χ0) is 14.6.